The largest absolute Gasteiger partial charge is 0.444 e. The highest BCUT2D eigenvalue weighted by atomic mass is 28.4. The van der Waals surface area contributed by atoms with Crippen LogP contribution in [-0.4, -0.2) is 49.6 Å². The molecule has 1 N–H and O–H groups in total. The van der Waals surface area contributed by atoms with E-state index >= 15 is 0 Å². The number of nitrogens with one attached hydrogen (secondary N) is 1. The summed E-state index contributed by atoms with van der Waals surface area (Å²) in [6.07, 6.45) is 2.11. The maximum Gasteiger partial charge on any atom is 0.410 e. The molecule has 5 nitrogen and oxygen atoms in total. The first-order valence-electron chi connectivity index (χ1n) is 14.6. The lowest BCUT2D eigenvalue weighted by molar-refractivity contribution is 0.0194. The molecule has 0 saturated carbocycles. The van der Waals surface area contributed by atoms with Crippen molar-refractivity contribution in [2.45, 2.75) is 83.3 Å². The predicted molar refractivity (Wildman–Crippen MR) is 171 cm³/mol. The monoisotopic (exact) mass is 570 g/mol. The molecule has 3 aromatic carbocycles. The Bertz CT molecular complexity index is 1230. The molecule has 0 unspecified atom stereocenters. The third kappa shape index (κ3) is 7.18. The third-order valence-corrected chi connectivity index (χ3v) is 12.8. The fourth-order valence-corrected chi connectivity index (χ4v) is 10.6. The number of rotatable bonds is 9. The number of amides is 1. The molecule has 6 heteroatoms. The Morgan fingerprint density at radius 3 is 1.90 bits per heavy atom. The van der Waals surface area contributed by atoms with E-state index in [1.807, 2.05) is 49.9 Å². The number of carbonyl (C=O) groups is 1. The zero-order valence-electron chi connectivity index (χ0n) is 25.5. The second kappa shape index (κ2) is 12.8. The van der Waals surface area contributed by atoms with E-state index < -0.39 is 13.9 Å². The van der Waals surface area contributed by atoms with Crippen molar-refractivity contribution in [1.29, 1.82) is 0 Å². The van der Waals surface area contributed by atoms with Gasteiger partial charge in [0.15, 0.2) is 0 Å². The van der Waals surface area contributed by atoms with E-state index in [-0.39, 0.29) is 29.3 Å². The number of benzene rings is 3. The van der Waals surface area contributed by atoms with Crippen molar-refractivity contribution in [2.24, 2.45) is 0 Å². The van der Waals surface area contributed by atoms with Crippen LogP contribution in [0, 0.1) is 0 Å². The van der Waals surface area contributed by atoms with Crippen molar-refractivity contribution in [3.63, 3.8) is 0 Å². The molecule has 0 bridgehead atoms. The number of nitrogens with zero attached hydrogens (tertiary/aromatic N) is 1. The van der Waals surface area contributed by atoms with Gasteiger partial charge in [0.25, 0.3) is 8.32 Å². The van der Waals surface area contributed by atoms with Gasteiger partial charge in [-0.3, -0.25) is 0 Å². The first-order chi connectivity index (χ1) is 19.4. The van der Waals surface area contributed by atoms with E-state index in [2.05, 4.69) is 105 Å². The van der Waals surface area contributed by atoms with Crippen LogP contribution in [0.3, 0.4) is 0 Å². The summed E-state index contributed by atoms with van der Waals surface area (Å²) in [4.78, 5) is 15.5. The van der Waals surface area contributed by atoms with E-state index in [1.54, 1.807) is 0 Å². The van der Waals surface area contributed by atoms with Crippen molar-refractivity contribution in [3.05, 3.63) is 109 Å². The second-order valence-electron chi connectivity index (χ2n) is 13.0. The lowest BCUT2D eigenvalue weighted by atomic mass is 10.0. The van der Waals surface area contributed by atoms with Gasteiger partial charge in [-0.05, 0) is 48.2 Å². The molecule has 0 radical (unpaired) electrons. The van der Waals surface area contributed by atoms with Crippen molar-refractivity contribution >= 4 is 24.8 Å². The molecule has 1 aliphatic heterocycles. The second-order valence-corrected chi connectivity index (χ2v) is 17.2. The van der Waals surface area contributed by atoms with Crippen LogP contribution in [0.1, 0.15) is 53.5 Å². The van der Waals surface area contributed by atoms with Gasteiger partial charge >= 0.3 is 6.09 Å². The summed E-state index contributed by atoms with van der Waals surface area (Å²) in [5.41, 5.74) is 0.584. The molecule has 1 saturated heterocycles. The van der Waals surface area contributed by atoms with Gasteiger partial charge in [-0.2, -0.15) is 0 Å². The van der Waals surface area contributed by atoms with Crippen molar-refractivity contribution < 1.29 is 14.0 Å². The fraction of sp³-hybridized carbons (Fsp3) is 0.400. The van der Waals surface area contributed by atoms with Gasteiger partial charge in [0, 0.05) is 19.1 Å². The average molecular weight is 571 g/mol. The molecule has 1 aliphatic rings. The summed E-state index contributed by atoms with van der Waals surface area (Å²) in [6.45, 7) is 17.9. The summed E-state index contributed by atoms with van der Waals surface area (Å²) in [6, 6.07) is 31.3. The van der Waals surface area contributed by atoms with Crippen LogP contribution in [0.15, 0.2) is 104 Å². The van der Waals surface area contributed by atoms with Crippen molar-refractivity contribution in [2.75, 3.05) is 6.54 Å². The molecular weight excluding hydrogens is 524 g/mol. The van der Waals surface area contributed by atoms with E-state index in [4.69, 9.17) is 9.16 Å². The molecule has 1 heterocycles. The Hall–Kier alpha value is -3.19. The van der Waals surface area contributed by atoms with Gasteiger partial charge < -0.3 is 19.4 Å². The minimum absolute atomic E-state index is 0.129. The van der Waals surface area contributed by atoms with Gasteiger partial charge in [0.1, 0.15) is 5.60 Å². The summed E-state index contributed by atoms with van der Waals surface area (Å²) in [5.74, 6) is 0. The SMILES string of the molecule is C=C[C@@H](NCc1ccccc1)[C@H]1C[C@@H](O[Si](c2ccccc2)(c2ccccc2)C(C)(C)C)CN1C(=O)OC(C)(C)C. The minimum atomic E-state index is -2.80. The van der Waals surface area contributed by atoms with Gasteiger partial charge in [0.2, 0.25) is 0 Å². The smallest absolute Gasteiger partial charge is 0.410 e. The molecule has 1 fully saturated rings. The number of ether oxygens (including phenoxy) is 1. The Kier molecular flexibility index (Phi) is 9.57. The lowest BCUT2D eigenvalue weighted by Gasteiger charge is -2.44. The standard InChI is InChI=1S/C35H46N2O3Si/c1-8-31(36-25-27-18-12-9-13-19-27)32-24-28(26-37(32)33(38)39-34(2,3)4)40-41(35(5,6)7,29-20-14-10-15-21-29)30-22-16-11-17-23-30/h8-23,28,31-32,36H,1,24-26H2,2-7H3/t28-,31-,32-/m1/s1. The molecular formula is C35H46N2O3Si. The predicted octanol–water partition coefficient (Wildman–Crippen LogP) is 6.29. The molecule has 0 aliphatic carbocycles. The van der Waals surface area contributed by atoms with Gasteiger partial charge in [0.05, 0.1) is 12.1 Å². The first kappa shape index (κ1) is 30.8. The van der Waals surface area contributed by atoms with Crippen molar-refractivity contribution in [1.82, 2.24) is 10.2 Å². The zero-order valence-corrected chi connectivity index (χ0v) is 26.5. The Morgan fingerprint density at radius 2 is 1.44 bits per heavy atom. The minimum Gasteiger partial charge on any atom is -0.444 e. The Balaban J connectivity index is 1.70. The fourth-order valence-electron chi connectivity index (χ4n) is 5.93. The molecule has 0 aromatic heterocycles. The summed E-state index contributed by atoms with van der Waals surface area (Å²) in [5, 5.41) is 5.94. The molecule has 3 atom stereocenters. The normalized spacial score (nSPS) is 18.6. The first-order valence-corrected chi connectivity index (χ1v) is 16.5. The van der Waals surface area contributed by atoms with Crippen molar-refractivity contribution in [3.8, 4) is 0 Å². The number of hydrogen-bond acceptors (Lipinski definition) is 4. The number of hydrogen-bond donors (Lipinski definition) is 1. The van der Waals surface area contributed by atoms with E-state index in [9.17, 15) is 4.79 Å². The topological polar surface area (TPSA) is 50.8 Å². The lowest BCUT2D eigenvalue weighted by Crippen LogP contribution is -2.67. The van der Waals surface area contributed by atoms with E-state index in [0.717, 1.165) is 0 Å². The molecule has 3 aromatic rings. The summed E-state index contributed by atoms with van der Waals surface area (Å²) < 4.78 is 13.4. The maximum absolute atomic E-state index is 13.6. The third-order valence-electron chi connectivity index (χ3n) is 7.75. The Morgan fingerprint density at radius 1 is 0.927 bits per heavy atom. The molecule has 218 valence electrons. The van der Waals surface area contributed by atoms with Gasteiger partial charge in [-0.15, -0.1) is 6.58 Å². The number of likely N-dealkylation sites (tertiary alicyclic amines) is 1. The highest BCUT2D eigenvalue weighted by Crippen LogP contribution is 2.39. The zero-order chi connectivity index (χ0) is 29.7. The highest BCUT2D eigenvalue weighted by molar-refractivity contribution is 6.99. The van der Waals surface area contributed by atoms with Crippen LogP contribution in [0.2, 0.25) is 5.04 Å². The van der Waals surface area contributed by atoms with Crippen LogP contribution in [-0.2, 0) is 15.7 Å². The van der Waals surface area contributed by atoms with E-state index in [0.29, 0.717) is 19.5 Å². The molecule has 4 rings (SSSR count). The quantitative estimate of drug-likeness (QED) is 0.243. The summed E-state index contributed by atoms with van der Waals surface area (Å²) >= 11 is 0. The Labute approximate surface area is 247 Å². The molecule has 41 heavy (non-hydrogen) atoms. The molecule has 1 amide bonds. The van der Waals surface area contributed by atoms with Crippen LogP contribution in [0.4, 0.5) is 4.79 Å². The van der Waals surface area contributed by atoms with Crippen LogP contribution < -0.4 is 15.7 Å². The highest BCUT2D eigenvalue weighted by Gasteiger charge is 2.53. The molecule has 0 spiro atoms. The van der Waals surface area contributed by atoms with E-state index in [1.165, 1.54) is 15.9 Å². The average Bonchev–Trinajstić information content (AvgIpc) is 3.36. The summed E-state index contributed by atoms with van der Waals surface area (Å²) in [7, 11) is -2.80. The van der Waals surface area contributed by atoms with Gasteiger partial charge in [-0.1, -0.05) is 118 Å². The van der Waals surface area contributed by atoms with Crippen LogP contribution in [0.25, 0.3) is 0 Å². The van der Waals surface area contributed by atoms with Crippen LogP contribution in [0.5, 0.6) is 0 Å². The maximum atomic E-state index is 13.6. The van der Waals surface area contributed by atoms with Gasteiger partial charge in [-0.25, -0.2) is 4.79 Å². The van der Waals surface area contributed by atoms with Crippen LogP contribution >= 0.6 is 0 Å². The number of carbonyl (C=O) groups excluding carboxylic acids is 1.